The molecule has 2 N–H and O–H groups in total. The fourth-order valence-electron chi connectivity index (χ4n) is 0.723. The molecule has 7 heavy (non-hydrogen) atoms. The third kappa shape index (κ3) is 0.924. The van der Waals surface area contributed by atoms with Crippen molar-refractivity contribution in [2.24, 2.45) is 0 Å². The summed E-state index contributed by atoms with van der Waals surface area (Å²) in [4.78, 5) is 0. The van der Waals surface area contributed by atoms with Crippen molar-refractivity contribution in [3.8, 4) is 0 Å². The Morgan fingerprint density at radius 3 is 2.43 bits per heavy atom. The standard InChI is InChI=1S/C5H11NO/c1-4(7)5-2-3-6-5/h4-7H,2-3H2,1H3. The summed E-state index contributed by atoms with van der Waals surface area (Å²) in [5.74, 6) is 0. The van der Waals surface area contributed by atoms with Crippen LogP contribution in [0.2, 0.25) is 0 Å². The molecule has 1 saturated heterocycles. The van der Waals surface area contributed by atoms with Crippen LogP contribution >= 0.6 is 0 Å². The fourth-order valence-corrected chi connectivity index (χ4v) is 0.723. The average Bonchev–Trinajstić information content (AvgIpc) is 1.23. The molecule has 0 aliphatic carbocycles. The molecule has 1 rings (SSSR count). The molecule has 2 nitrogen and oxygen atoms in total. The Morgan fingerprint density at radius 1 is 1.86 bits per heavy atom. The Kier molecular flexibility index (Phi) is 1.30. The first-order valence-electron chi connectivity index (χ1n) is 2.72. The predicted molar refractivity (Wildman–Crippen MR) is 28.1 cm³/mol. The van der Waals surface area contributed by atoms with Gasteiger partial charge < -0.3 is 10.4 Å². The Bertz CT molecular complexity index is 59.1. The van der Waals surface area contributed by atoms with Crippen molar-refractivity contribution in [2.45, 2.75) is 25.5 Å². The molecule has 1 fully saturated rings. The fraction of sp³-hybridized carbons (Fsp3) is 1.00. The molecule has 0 spiro atoms. The maximum Gasteiger partial charge on any atom is 0.0665 e. The summed E-state index contributed by atoms with van der Waals surface area (Å²) in [6.45, 7) is 2.90. The number of nitrogens with one attached hydrogen (secondary N) is 1. The summed E-state index contributed by atoms with van der Waals surface area (Å²) in [6.07, 6.45) is 0.978. The monoisotopic (exact) mass is 101 g/mol. The highest BCUT2D eigenvalue weighted by molar-refractivity contribution is 4.81. The van der Waals surface area contributed by atoms with Gasteiger partial charge in [0, 0.05) is 6.04 Å². The van der Waals surface area contributed by atoms with Crippen molar-refractivity contribution in [1.29, 1.82) is 0 Å². The van der Waals surface area contributed by atoms with E-state index in [4.69, 9.17) is 5.11 Å². The van der Waals surface area contributed by atoms with Gasteiger partial charge in [-0.25, -0.2) is 0 Å². The molecule has 2 heteroatoms. The number of rotatable bonds is 1. The Morgan fingerprint density at radius 2 is 2.43 bits per heavy atom. The summed E-state index contributed by atoms with van der Waals surface area (Å²) in [6, 6.07) is 0.389. The van der Waals surface area contributed by atoms with Gasteiger partial charge in [0.25, 0.3) is 0 Å². The molecule has 2 unspecified atom stereocenters. The van der Waals surface area contributed by atoms with E-state index in [1.807, 2.05) is 6.92 Å². The molecule has 1 heterocycles. The van der Waals surface area contributed by atoms with Crippen molar-refractivity contribution < 1.29 is 5.11 Å². The topological polar surface area (TPSA) is 32.3 Å². The second-order valence-electron chi connectivity index (χ2n) is 2.09. The van der Waals surface area contributed by atoms with Crippen LogP contribution in [0.15, 0.2) is 0 Å². The van der Waals surface area contributed by atoms with E-state index in [1.165, 1.54) is 0 Å². The molecular weight excluding hydrogens is 90.1 g/mol. The SMILES string of the molecule is CC(O)C1CCN1. The second kappa shape index (κ2) is 1.80. The summed E-state index contributed by atoms with van der Waals surface area (Å²) >= 11 is 0. The molecule has 2 atom stereocenters. The van der Waals surface area contributed by atoms with Crippen LogP contribution in [-0.2, 0) is 0 Å². The third-order valence-corrected chi connectivity index (χ3v) is 1.44. The first kappa shape index (κ1) is 5.06. The molecule has 0 bridgehead atoms. The number of hydrogen-bond donors (Lipinski definition) is 2. The number of aliphatic hydroxyl groups is 1. The van der Waals surface area contributed by atoms with Crippen LogP contribution in [0.25, 0.3) is 0 Å². The average molecular weight is 101 g/mol. The van der Waals surface area contributed by atoms with E-state index < -0.39 is 0 Å². The minimum atomic E-state index is -0.159. The van der Waals surface area contributed by atoms with E-state index >= 15 is 0 Å². The summed E-state index contributed by atoms with van der Waals surface area (Å²) in [7, 11) is 0. The molecule has 42 valence electrons. The minimum Gasteiger partial charge on any atom is -0.392 e. The van der Waals surface area contributed by atoms with Crippen LogP contribution in [0.4, 0.5) is 0 Å². The lowest BCUT2D eigenvalue weighted by atomic mass is 10.0. The molecule has 1 aliphatic rings. The van der Waals surface area contributed by atoms with Crippen LogP contribution in [0.3, 0.4) is 0 Å². The van der Waals surface area contributed by atoms with E-state index in [2.05, 4.69) is 5.32 Å². The van der Waals surface area contributed by atoms with Gasteiger partial charge in [-0.2, -0.15) is 0 Å². The van der Waals surface area contributed by atoms with Crippen LogP contribution in [0.5, 0.6) is 0 Å². The maximum absolute atomic E-state index is 8.81. The van der Waals surface area contributed by atoms with E-state index in [-0.39, 0.29) is 6.10 Å². The van der Waals surface area contributed by atoms with E-state index in [0.29, 0.717) is 6.04 Å². The van der Waals surface area contributed by atoms with Gasteiger partial charge >= 0.3 is 0 Å². The summed E-state index contributed by atoms with van der Waals surface area (Å²) < 4.78 is 0. The van der Waals surface area contributed by atoms with Crippen molar-refractivity contribution in [1.82, 2.24) is 5.32 Å². The van der Waals surface area contributed by atoms with E-state index in [1.54, 1.807) is 0 Å². The minimum absolute atomic E-state index is 0.159. The normalized spacial score (nSPS) is 34.3. The maximum atomic E-state index is 8.81. The van der Waals surface area contributed by atoms with Gasteiger partial charge in [0.05, 0.1) is 6.10 Å². The second-order valence-corrected chi connectivity index (χ2v) is 2.09. The first-order chi connectivity index (χ1) is 3.30. The predicted octanol–water partition coefficient (Wildman–Crippen LogP) is -0.271. The molecule has 0 saturated carbocycles. The summed E-state index contributed by atoms with van der Waals surface area (Å²) in [5.41, 5.74) is 0. The van der Waals surface area contributed by atoms with E-state index in [0.717, 1.165) is 13.0 Å². The first-order valence-corrected chi connectivity index (χ1v) is 2.72. The quantitative estimate of drug-likeness (QED) is 0.476. The van der Waals surface area contributed by atoms with Gasteiger partial charge in [0.1, 0.15) is 0 Å². The van der Waals surface area contributed by atoms with Gasteiger partial charge in [-0.1, -0.05) is 0 Å². The van der Waals surface area contributed by atoms with Crippen LogP contribution in [0.1, 0.15) is 13.3 Å². The Labute approximate surface area is 43.5 Å². The molecule has 1 aliphatic heterocycles. The summed E-state index contributed by atoms with van der Waals surface area (Å²) in [5, 5.41) is 11.9. The molecule has 0 amide bonds. The van der Waals surface area contributed by atoms with Gasteiger partial charge in [0.15, 0.2) is 0 Å². The lowest BCUT2D eigenvalue weighted by Crippen LogP contribution is -2.49. The smallest absolute Gasteiger partial charge is 0.0665 e. The highest BCUT2D eigenvalue weighted by Gasteiger charge is 2.20. The van der Waals surface area contributed by atoms with Gasteiger partial charge in [-0.15, -0.1) is 0 Å². The Balaban J connectivity index is 2.14. The van der Waals surface area contributed by atoms with Crippen molar-refractivity contribution in [2.75, 3.05) is 6.54 Å². The zero-order chi connectivity index (χ0) is 5.28. The largest absolute Gasteiger partial charge is 0.392 e. The van der Waals surface area contributed by atoms with Crippen LogP contribution in [-0.4, -0.2) is 23.8 Å². The van der Waals surface area contributed by atoms with Gasteiger partial charge in [-0.05, 0) is 19.9 Å². The van der Waals surface area contributed by atoms with E-state index in [9.17, 15) is 0 Å². The van der Waals surface area contributed by atoms with Crippen molar-refractivity contribution in [3.63, 3.8) is 0 Å². The van der Waals surface area contributed by atoms with Crippen molar-refractivity contribution >= 4 is 0 Å². The van der Waals surface area contributed by atoms with Crippen LogP contribution in [0, 0.1) is 0 Å². The highest BCUT2D eigenvalue weighted by atomic mass is 16.3. The zero-order valence-corrected chi connectivity index (χ0v) is 4.52. The third-order valence-electron chi connectivity index (χ3n) is 1.44. The van der Waals surface area contributed by atoms with Crippen molar-refractivity contribution in [3.05, 3.63) is 0 Å². The van der Waals surface area contributed by atoms with Crippen LogP contribution < -0.4 is 5.32 Å². The van der Waals surface area contributed by atoms with Gasteiger partial charge in [0.2, 0.25) is 0 Å². The lowest BCUT2D eigenvalue weighted by molar-refractivity contribution is 0.111. The Hall–Kier alpha value is -0.0800. The number of hydrogen-bond acceptors (Lipinski definition) is 2. The zero-order valence-electron chi connectivity index (χ0n) is 4.52. The molecule has 0 aromatic rings. The lowest BCUT2D eigenvalue weighted by Gasteiger charge is -2.29. The molecular formula is C5H11NO. The molecule has 0 radical (unpaired) electrons. The van der Waals surface area contributed by atoms with Gasteiger partial charge in [-0.3, -0.25) is 0 Å². The molecule has 0 aromatic carbocycles. The number of aliphatic hydroxyl groups excluding tert-OH is 1. The highest BCUT2D eigenvalue weighted by Crippen LogP contribution is 2.05. The molecule has 0 aromatic heterocycles.